The largest absolute Gasteiger partial charge is 0.493 e. The zero-order chi connectivity index (χ0) is 18.4. The number of ether oxygens (including phenoxy) is 4. The third kappa shape index (κ3) is 4.37. The highest BCUT2D eigenvalue weighted by Crippen LogP contribution is 2.32. The number of carbonyl (C=O) groups excluding carboxylic acids is 1. The molecule has 0 radical (unpaired) electrons. The lowest BCUT2D eigenvalue weighted by molar-refractivity contribution is -0.116. The summed E-state index contributed by atoms with van der Waals surface area (Å²) in [5.41, 5.74) is 1.75. The van der Waals surface area contributed by atoms with Crippen molar-refractivity contribution >= 4 is 11.6 Å². The summed E-state index contributed by atoms with van der Waals surface area (Å²) >= 11 is 0. The molecule has 2 aromatic carbocycles. The van der Waals surface area contributed by atoms with E-state index in [1.165, 1.54) is 0 Å². The number of carbonyl (C=O) groups is 1. The van der Waals surface area contributed by atoms with Gasteiger partial charge >= 0.3 is 0 Å². The summed E-state index contributed by atoms with van der Waals surface area (Å²) < 4.78 is 21.0. The van der Waals surface area contributed by atoms with E-state index in [-0.39, 0.29) is 12.7 Å². The molecule has 3 rings (SSSR count). The van der Waals surface area contributed by atoms with Crippen LogP contribution in [0, 0.1) is 0 Å². The second-order valence-electron chi connectivity index (χ2n) is 5.73. The molecule has 2 N–H and O–H groups in total. The van der Waals surface area contributed by atoms with Gasteiger partial charge in [-0.15, -0.1) is 0 Å². The molecule has 0 fully saturated rings. The summed E-state index contributed by atoms with van der Waals surface area (Å²) in [5.74, 6) is 2.65. The molecule has 0 saturated carbocycles. The van der Waals surface area contributed by atoms with Gasteiger partial charge < -0.3 is 29.6 Å². The number of benzene rings is 2. The van der Waals surface area contributed by atoms with Gasteiger partial charge in [-0.05, 0) is 29.8 Å². The topological polar surface area (TPSA) is 78.1 Å². The van der Waals surface area contributed by atoms with Crippen molar-refractivity contribution in [2.75, 3.05) is 32.9 Å². The molecule has 1 amide bonds. The van der Waals surface area contributed by atoms with Crippen molar-refractivity contribution in [1.29, 1.82) is 0 Å². The molecule has 7 heteroatoms. The number of methoxy groups -OCH3 is 2. The Kier molecular flexibility index (Phi) is 5.80. The van der Waals surface area contributed by atoms with Crippen molar-refractivity contribution < 1.29 is 23.7 Å². The lowest BCUT2D eigenvalue weighted by Gasteiger charge is -2.11. The quantitative estimate of drug-likeness (QED) is 0.706. The molecular formula is C19H22N2O5. The molecule has 26 heavy (non-hydrogen) atoms. The Hall–Kier alpha value is -2.93. The predicted octanol–water partition coefficient (Wildman–Crippen LogP) is 2.55. The number of anilines is 1. The minimum absolute atomic E-state index is 0.0737. The van der Waals surface area contributed by atoms with Crippen molar-refractivity contribution in [2.45, 2.75) is 13.0 Å². The monoisotopic (exact) mass is 358 g/mol. The van der Waals surface area contributed by atoms with Crippen molar-refractivity contribution in [2.24, 2.45) is 0 Å². The molecule has 0 bridgehead atoms. The van der Waals surface area contributed by atoms with Crippen LogP contribution in [-0.2, 0) is 11.3 Å². The maximum atomic E-state index is 12.1. The molecular weight excluding hydrogens is 336 g/mol. The zero-order valence-electron chi connectivity index (χ0n) is 14.8. The Morgan fingerprint density at radius 1 is 1.04 bits per heavy atom. The highest BCUT2D eigenvalue weighted by atomic mass is 16.7. The molecule has 1 heterocycles. The lowest BCUT2D eigenvalue weighted by atomic mass is 10.2. The smallest absolute Gasteiger partial charge is 0.231 e. The Morgan fingerprint density at radius 2 is 1.85 bits per heavy atom. The number of nitrogens with one attached hydrogen (secondary N) is 2. The van der Waals surface area contributed by atoms with Crippen molar-refractivity contribution in [3.8, 4) is 23.0 Å². The fraction of sp³-hybridized carbons (Fsp3) is 0.316. The van der Waals surface area contributed by atoms with Gasteiger partial charge in [0.15, 0.2) is 23.0 Å². The number of fused-ring (bicyclic) bond motifs is 1. The summed E-state index contributed by atoms with van der Waals surface area (Å²) in [6.45, 7) is 1.48. The van der Waals surface area contributed by atoms with Gasteiger partial charge in [-0.3, -0.25) is 4.79 Å². The molecule has 0 saturated heterocycles. The second-order valence-corrected chi connectivity index (χ2v) is 5.73. The molecule has 0 aliphatic carbocycles. The van der Waals surface area contributed by atoms with Crippen LogP contribution in [0.1, 0.15) is 12.0 Å². The molecule has 0 spiro atoms. The predicted molar refractivity (Wildman–Crippen MR) is 97.1 cm³/mol. The Morgan fingerprint density at radius 3 is 2.65 bits per heavy atom. The van der Waals surface area contributed by atoms with Gasteiger partial charge in [0.2, 0.25) is 12.7 Å². The maximum Gasteiger partial charge on any atom is 0.231 e. The van der Waals surface area contributed by atoms with Crippen molar-refractivity contribution in [1.82, 2.24) is 5.32 Å². The first kappa shape index (κ1) is 17.9. The normalized spacial score (nSPS) is 11.9. The van der Waals surface area contributed by atoms with Crippen LogP contribution in [0.15, 0.2) is 36.4 Å². The lowest BCUT2D eigenvalue weighted by Crippen LogP contribution is -2.21. The first-order valence-electron chi connectivity index (χ1n) is 8.30. The van der Waals surface area contributed by atoms with E-state index in [1.807, 2.05) is 18.2 Å². The van der Waals surface area contributed by atoms with Crippen LogP contribution in [-0.4, -0.2) is 33.5 Å². The molecule has 7 nitrogen and oxygen atoms in total. The maximum absolute atomic E-state index is 12.1. The SMILES string of the molecule is COc1ccc(NC(=O)CCNCc2ccc3c(c2)OCO3)cc1OC. The van der Waals surface area contributed by atoms with Crippen LogP contribution in [0.2, 0.25) is 0 Å². The average molecular weight is 358 g/mol. The van der Waals surface area contributed by atoms with Gasteiger partial charge in [0.25, 0.3) is 0 Å². The van der Waals surface area contributed by atoms with E-state index >= 15 is 0 Å². The van der Waals surface area contributed by atoms with E-state index in [4.69, 9.17) is 18.9 Å². The molecule has 2 aromatic rings. The third-order valence-electron chi connectivity index (χ3n) is 3.96. The number of amides is 1. The molecule has 0 unspecified atom stereocenters. The minimum atomic E-state index is -0.0737. The van der Waals surface area contributed by atoms with Crippen LogP contribution >= 0.6 is 0 Å². The highest BCUT2D eigenvalue weighted by molar-refractivity contribution is 5.91. The van der Waals surface area contributed by atoms with Crippen LogP contribution < -0.4 is 29.6 Å². The van der Waals surface area contributed by atoms with E-state index in [0.717, 1.165) is 17.1 Å². The van der Waals surface area contributed by atoms with Gasteiger partial charge in [0.1, 0.15) is 0 Å². The molecule has 138 valence electrons. The number of hydrogen-bond acceptors (Lipinski definition) is 6. The fourth-order valence-corrected chi connectivity index (χ4v) is 2.62. The average Bonchev–Trinajstić information content (AvgIpc) is 3.13. The molecule has 0 atom stereocenters. The Labute approximate surface area is 152 Å². The minimum Gasteiger partial charge on any atom is -0.493 e. The van der Waals surface area contributed by atoms with Gasteiger partial charge in [-0.25, -0.2) is 0 Å². The van der Waals surface area contributed by atoms with E-state index in [9.17, 15) is 4.79 Å². The van der Waals surface area contributed by atoms with E-state index in [0.29, 0.717) is 36.7 Å². The summed E-state index contributed by atoms with van der Waals surface area (Å²) in [4.78, 5) is 12.1. The first-order chi connectivity index (χ1) is 12.7. The van der Waals surface area contributed by atoms with Gasteiger partial charge in [-0.2, -0.15) is 0 Å². The summed E-state index contributed by atoms with van der Waals surface area (Å²) in [5, 5.41) is 6.10. The highest BCUT2D eigenvalue weighted by Gasteiger charge is 2.13. The molecule has 1 aliphatic rings. The zero-order valence-corrected chi connectivity index (χ0v) is 14.8. The van der Waals surface area contributed by atoms with Gasteiger partial charge in [-0.1, -0.05) is 6.07 Å². The first-order valence-corrected chi connectivity index (χ1v) is 8.30. The second kappa shape index (κ2) is 8.44. The standard InChI is InChI=1S/C19H22N2O5/c1-23-15-6-4-14(10-17(15)24-2)21-19(22)7-8-20-11-13-3-5-16-18(9-13)26-12-25-16/h3-6,9-10,20H,7-8,11-12H2,1-2H3,(H,21,22). The Bertz CT molecular complexity index is 779. The number of hydrogen-bond donors (Lipinski definition) is 2. The van der Waals surface area contributed by atoms with E-state index in [2.05, 4.69) is 10.6 Å². The molecule has 0 aromatic heterocycles. The van der Waals surface area contributed by atoms with E-state index < -0.39 is 0 Å². The van der Waals surface area contributed by atoms with Crippen LogP contribution in [0.25, 0.3) is 0 Å². The molecule has 1 aliphatic heterocycles. The van der Waals surface area contributed by atoms with Crippen LogP contribution in [0.3, 0.4) is 0 Å². The summed E-state index contributed by atoms with van der Waals surface area (Å²) in [6, 6.07) is 11.1. The van der Waals surface area contributed by atoms with Gasteiger partial charge in [0.05, 0.1) is 14.2 Å². The van der Waals surface area contributed by atoms with Gasteiger partial charge in [0, 0.05) is 31.3 Å². The number of rotatable bonds is 8. The van der Waals surface area contributed by atoms with Crippen LogP contribution in [0.5, 0.6) is 23.0 Å². The third-order valence-corrected chi connectivity index (χ3v) is 3.96. The van der Waals surface area contributed by atoms with Crippen molar-refractivity contribution in [3.05, 3.63) is 42.0 Å². The summed E-state index contributed by atoms with van der Waals surface area (Å²) in [7, 11) is 3.13. The van der Waals surface area contributed by atoms with E-state index in [1.54, 1.807) is 32.4 Å². The van der Waals surface area contributed by atoms with Crippen LogP contribution in [0.4, 0.5) is 5.69 Å². The fourth-order valence-electron chi connectivity index (χ4n) is 2.62. The summed E-state index contributed by atoms with van der Waals surface area (Å²) in [6.07, 6.45) is 0.360. The van der Waals surface area contributed by atoms with Crippen molar-refractivity contribution in [3.63, 3.8) is 0 Å². The Balaban J connectivity index is 1.43.